The molecule has 134 valence electrons. The van der Waals surface area contributed by atoms with Crippen LogP contribution in [-0.2, 0) is 11.3 Å². The lowest BCUT2D eigenvalue weighted by Gasteiger charge is -2.33. The molecule has 0 radical (unpaired) electrons. The number of carbonyl (C=O) groups is 1. The minimum Gasteiger partial charge on any atom is -0.379 e. The monoisotopic (exact) mass is 334 g/mol. The molecule has 2 saturated heterocycles. The fourth-order valence-corrected chi connectivity index (χ4v) is 3.79. The normalized spacial score (nSPS) is 25.6. The molecular formula is C18H30N4O2. The van der Waals surface area contributed by atoms with Crippen LogP contribution in [0.15, 0.2) is 6.07 Å². The highest BCUT2D eigenvalue weighted by atomic mass is 16.5. The molecule has 0 N–H and O–H groups in total. The third-order valence-corrected chi connectivity index (χ3v) is 5.28. The number of morpholine rings is 1. The molecule has 1 amide bonds. The fraction of sp³-hybridized carbons (Fsp3) is 0.778. The Kier molecular flexibility index (Phi) is 5.25. The molecule has 0 bridgehead atoms. The van der Waals surface area contributed by atoms with Gasteiger partial charge >= 0.3 is 0 Å². The Labute approximate surface area is 144 Å². The predicted octanol–water partition coefficient (Wildman–Crippen LogP) is 1.82. The van der Waals surface area contributed by atoms with E-state index in [9.17, 15) is 4.79 Å². The molecule has 3 heterocycles. The summed E-state index contributed by atoms with van der Waals surface area (Å²) in [6.45, 7) is 14.4. The van der Waals surface area contributed by atoms with E-state index in [0.717, 1.165) is 57.3 Å². The zero-order chi connectivity index (χ0) is 17.3. The first-order valence-electron chi connectivity index (χ1n) is 9.20. The highest BCUT2D eigenvalue weighted by molar-refractivity contribution is 5.93. The number of carbonyl (C=O) groups excluding carboxylic acids is 1. The van der Waals surface area contributed by atoms with Gasteiger partial charge in [-0.3, -0.25) is 14.4 Å². The maximum Gasteiger partial charge on any atom is 0.272 e. The van der Waals surface area contributed by atoms with Gasteiger partial charge in [0.1, 0.15) is 5.69 Å². The first kappa shape index (κ1) is 17.4. The number of nitrogens with zero attached hydrogens (tertiary/aromatic N) is 4. The molecule has 0 saturated carbocycles. The van der Waals surface area contributed by atoms with Gasteiger partial charge in [-0.1, -0.05) is 20.8 Å². The van der Waals surface area contributed by atoms with Crippen molar-refractivity contribution in [1.82, 2.24) is 19.6 Å². The fourth-order valence-electron chi connectivity index (χ4n) is 3.79. The predicted molar refractivity (Wildman–Crippen MR) is 93.2 cm³/mol. The van der Waals surface area contributed by atoms with E-state index in [1.807, 2.05) is 22.6 Å². The summed E-state index contributed by atoms with van der Waals surface area (Å²) in [4.78, 5) is 17.6. The van der Waals surface area contributed by atoms with E-state index in [-0.39, 0.29) is 5.91 Å². The highest BCUT2D eigenvalue weighted by Gasteiger charge is 2.37. The Hall–Kier alpha value is -1.40. The second-order valence-electron chi connectivity index (χ2n) is 7.33. The van der Waals surface area contributed by atoms with Crippen LogP contribution in [-0.4, -0.2) is 70.9 Å². The zero-order valence-corrected chi connectivity index (χ0v) is 15.4. The number of amides is 1. The van der Waals surface area contributed by atoms with Crippen LogP contribution in [0.25, 0.3) is 0 Å². The van der Waals surface area contributed by atoms with Crippen LogP contribution in [0.2, 0.25) is 0 Å². The van der Waals surface area contributed by atoms with Gasteiger partial charge in [0.25, 0.3) is 5.91 Å². The molecule has 2 atom stereocenters. The van der Waals surface area contributed by atoms with E-state index in [1.165, 1.54) is 0 Å². The van der Waals surface area contributed by atoms with Crippen molar-refractivity contribution in [2.24, 2.45) is 5.92 Å². The minimum atomic E-state index is 0.124. The van der Waals surface area contributed by atoms with Crippen LogP contribution in [0.5, 0.6) is 0 Å². The van der Waals surface area contributed by atoms with Crippen LogP contribution in [0.1, 0.15) is 49.8 Å². The van der Waals surface area contributed by atoms with Crippen molar-refractivity contribution in [3.63, 3.8) is 0 Å². The number of ether oxygens (including phenoxy) is 1. The van der Waals surface area contributed by atoms with Crippen molar-refractivity contribution in [2.75, 3.05) is 39.4 Å². The summed E-state index contributed by atoms with van der Waals surface area (Å²) in [7, 11) is 0. The van der Waals surface area contributed by atoms with Crippen molar-refractivity contribution >= 4 is 5.91 Å². The van der Waals surface area contributed by atoms with E-state index >= 15 is 0 Å². The third kappa shape index (κ3) is 3.35. The lowest BCUT2D eigenvalue weighted by Crippen LogP contribution is -2.47. The number of hydrogen-bond acceptors (Lipinski definition) is 4. The second kappa shape index (κ2) is 7.23. The molecular weight excluding hydrogens is 304 g/mol. The maximum absolute atomic E-state index is 13.1. The highest BCUT2D eigenvalue weighted by Crippen LogP contribution is 2.25. The van der Waals surface area contributed by atoms with Gasteiger partial charge in [-0.25, -0.2) is 0 Å². The molecule has 2 fully saturated rings. The Balaban J connectivity index is 1.74. The molecule has 0 aliphatic carbocycles. The smallest absolute Gasteiger partial charge is 0.272 e. The van der Waals surface area contributed by atoms with Gasteiger partial charge < -0.3 is 9.64 Å². The lowest BCUT2D eigenvalue weighted by molar-refractivity contribution is 0.0119. The van der Waals surface area contributed by atoms with Crippen molar-refractivity contribution in [2.45, 2.75) is 46.2 Å². The molecule has 6 nitrogen and oxygen atoms in total. The Bertz CT molecular complexity index is 578. The molecule has 0 unspecified atom stereocenters. The van der Waals surface area contributed by atoms with Gasteiger partial charge in [0.05, 0.1) is 18.9 Å². The zero-order valence-electron chi connectivity index (χ0n) is 15.4. The second-order valence-corrected chi connectivity index (χ2v) is 7.33. The van der Waals surface area contributed by atoms with Crippen LogP contribution >= 0.6 is 0 Å². The standard InChI is InChI=1S/C18H30N4O2/c1-5-22-16(10-15(19-22)13(2)3)18(23)21-11-14(4)17(12-21)20-6-8-24-9-7-20/h10,13-14,17H,5-9,11-12H2,1-4H3/t14-,17+/m0/s1. The topological polar surface area (TPSA) is 50.6 Å². The van der Waals surface area contributed by atoms with Crippen molar-refractivity contribution in [3.05, 3.63) is 17.5 Å². The summed E-state index contributed by atoms with van der Waals surface area (Å²) in [5.74, 6) is 0.955. The molecule has 0 spiro atoms. The molecule has 24 heavy (non-hydrogen) atoms. The van der Waals surface area contributed by atoms with Crippen LogP contribution < -0.4 is 0 Å². The first-order chi connectivity index (χ1) is 11.5. The van der Waals surface area contributed by atoms with Gasteiger partial charge in [0, 0.05) is 38.8 Å². The molecule has 2 aliphatic heterocycles. The number of likely N-dealkylation sites (tertiary alicyclic amines) is 1. The minimum absolute atomic E-state index is 0.124. The Morgan fingerprint density at radius 1 is 1.33 bits per heavy atom. The Morgan fingerprint density at radius 3 is 2.67 bits per heavy atom. The summed E-state index contributed by atoms with van der Waals surface area (Å²) in [6, 6.07) is 2.42. The van der Waals surface area contributed by atoms with Crippen molar-refractivity contribution < 1.29 is 9.53 Å². The maximum atomic E-state index is 13.1. The summed E-state index contributed by atoms with van der Waals surface area (Å²) < 4.78 is 7.31. The summed E-state index contributed by atoms with van der Waals surface area (Å²) in [5, 5.41) is 4.59. The molecule has 2 aliphatic rings. The molecule has 6 heteroatoms. The third-order valence-electron chi connectivity index (χ3n) is 5.28. The number of hydrogen-bond donors (Lipinski definition) is 0. The van der Waals surface area contributed by atoms with E-state index in [1.54, 1.807) is 0 Å². The van der Waals surface area contributed by atoms with Crippen molar-refractivity contribution in [1.29, 1.82) is 0 Å². The van der Waals surface area contributed by atoms with E-state index < -0.39 is 0 Å². The van der Waals surface area contributed by atoms with Gasteiger partial charge in [-0.05, 0) is 24.8 Å². The Morgan fingerprint density at radius 2 is 2.04 bits per heavy atom. The van der Waals surface area contributed by atoms with E-state index in [2.05, 4.69) is 30.8 Å². The molecule has 1 aromatic rings. The SMILES string of the molecule is CCn1nc(C(C)C)cc1C(=O)N1C[C@@H](N2CCOCC2)[C@@H](C)C1. The van der Waals surface area contributed by atoms with Crippen LogP contribution in [0.3, 0.4) is 0 Å². The van der Waals surface area contributed by atoms with Crippen molar-refractivity contribution in [3.8, 4) is 0 Å². The molecule has 1 aromatic heterocycles. The lowest BCUT2D eigenvalue weighted by atomic mass is 10.0. The average molecular weight is 334 g/mol. The van der Waals surface area contributed by atoms with Crippen LogP contribution in [0, 0.1) is 5.92 Å². The van der Waals surface area contributed by atoms with E-state index in [4.69, 9.17) is 4.74 Å². The van der Waals surface area contributed by atoms with Gasteiger partial charge in [0.2, 0.25) is 0 Å². The molecule has 0 aromatic carbocycles. The number of rotatable bonds is 4. The van der Waals surface area contributed by atoms with Gasteiger partial charge in [-0.2, -0.15) is 5.10 Å². The summed E-state index contributed by atoms with van der Waals surface area (Å²) in [5.41, 5.74) is 1.73. The molecule has 3 rings (SSSR count). The van der Waals surface area contributed by atoms with E-state index in [0.29, 0.717) is 17.9 Å². The summed E-state index contributed by atoms with van der Waals surface area (Å²) in [6.07, 6.45) is 0. The number of aryl methyl sites for hydroxylation is 1. The quantitative estimate of drug-likeness (QED) is 0.843. The van der Waals surface area contributed by atoms with Gasteiger partial charge in [-0.15, -0.1) is 0 Å². The van der Waals surface area contributed by atoms with Gasteiger partial charge in [0.15, 0.2) is 0 Å². The first-order valence-corrected chi connectivity index (χ1v) is 9.20. The van der Waals surface area contributed by atoms with Crippen LogP contribution in [0.4, 0.5) is 0 Å². The largest absolute Gasteiger partial charge is 0.379 e. The number of aromatic nitrogens is 2. The average Bonchev–Trinajstić information content (AvgIpc) is 3.18. The summed E-state index contributed by atoms with van der Waals surface area (Å²) >= 11 is 0.